The second-order valence-electron chi connectivity index (χ2n) is 3.96. The van der Waals surface area contributed by atoms with Gasteiger partial charge in [-0.1, -0.05) is 0 Å². The Morgan fingerprint density at radius 3 is 3.12 bits per heavy atom. The number of amides is 1. The van der Waals surface area contributed by atoms with Crippen LogP contribution in [0.15, 0.2) is 0 Å². The van der Waals surface area contributed by atoms with E-state index in [1.54, 1.807) is 7.11 Å². The average Bonchev–Trinajstić information content (AvgIpc) is 2.79. The van der Waals surface area contributed by atoms with Crippen molar-refractivity contribution in [2.75, 3.05) is 40.0 Å². The first-order valence-electron chi connectivity index (χ1n) is 5.91. The van der Waals surface area contributed by atoms with Gasteiger partial charge in [0.2, 0.25) is 5.91 Å². The molecular formula is C11H22N2O3. The molecule has 1 amide bonds. The van der Waals surface area contributed by atoms with Crippen LogP contribution >= 0.6 is 0 Å². The fourth-order valence-electron chi connectivity index (χ4n) is 1.64. The van der Waals surface area contributed by atoms with Crippen LogP contribution in [0.1, 0.15) is 19.3 Å². The minimum atomic E-state index is 0.0351. The van der Waals surface area contributed by atoms with Crippen molar-refractivity contribution in [3.8, 4) is 0 Å². The van der Waals surface area contributed by atoms with Gasteiger partial charge in [-0.25, -0.2) is 0 Å². The Labute approximate surface area is 96.9 Å². The van der Waals surface area contributed by atoms with Gasteiger partial charge < -0.3 is 20.1 Å². The summed E-state index contributed by atoms with van der Waals surface area (Å²) in [6.45, 7) is 3.37. The third kappa shape index (κ3) is 6.05. The predicted molar refractivity (Wildman–Crippen MR) is 61.3 cm³/mol. The molecule has 1 aliphatic heterocycles. The molecule has 0 spiro atoms. The predicted octanol–water partition coefficient (Wildman–Crippen LogP) is -0.0923. The zero-order valence-corrected chi connectivity index (χ0v) is 9.96. The third-order valence-electron chi connectivity index (χ3n) is 2.54. The summed E-state index contributed by atoms with van der Waals surface area (Å²) in [6, 6.07) is 0. The topological polar surface area (TPSA) is 59.6 Å². The SMILES string of the molecule is COCCCNCC(=O)NCC1CCCO1. The minimum Gasteiger partial charge on any atom is -0.385 e. The molecule has 1 unspecified atom stereocenters. The van der Waals surface area contributed by atoms with E-state index in [1.165, 1.54) is 0 Å². The molecule has 1 aliphatic rings. The molecule has 0 aliphatic carbocycles. The van der Waals surface area contributed by atoms with Gasteiger partial charge in [0.1, 0.15) is 0 Å². The normalized spacial score (nSPS) is 19.9. The molecule has 1 atom stereocenters. The van der Waals surface area contributed by atoms with Gasteiger partial charge in [0.05, 0.1) is 12.6 Å². The second-order valence-corrected chi connectivity index (χ2v) is 3.96. The van der Waals surface area contributed by atoms with E-state index in [9.17, 15) is 4.79 Å². The smallest absolute Gasteiger partial charge is 0.234 e. The number of hydrogen-bond donors (Lipinski definition) is 2. The van der Waals surface area contributed by atoms with Gasteiger partial charge in [0.25, 0.3) is 0 Å². The molecule has 1 saturated heterocycles. The second kappa shape index (κ2) is 8.50. The molecule has 1 fully saturated rings. The number of rotatable bonds is 8. The van der Waals surface area contributed by atoms with E-state index >= 15 is 0 Å². The van der Waals surface area contributed by atoms with Crippen LogP contribution in [0.25, 0.3) is 0 Å². The summed E-state index contributed by atoms with van der Waals surface area (Å²) in [6.07, 6.45) is 3.31. The van der Waals surface area contributed by atoms with Crippen LogP contribution in [0.5, 0.6) is 0 Å². The Hall–Kier alpha value is -0.650. The van der Waals surface area contributed by atoms with Gasteiger partial charge in [0, 0.05) is 26.9 Å². The monoisotopic (exact) mass is 230 g/mol. The van der Waals surface area contributed by atoms with Crippen molar-refractivity contribution in [3.63, 3.8) is 0 Å². The highest BCUT2D eigenvalue weighted by molar-refractivity contribution is 5.77. The summed E-state index contributed by atoms with van der Waals surface area (Å²) in [5.41, 5.74) is 0. The van der Waals surface area contributed by atoms with Gasteiger partial charge >= 0.3 is 0 Å². The van der Waals surface area contributed by atoms with Gasteiger partial charge in [-0.2, -0.15) is 0 Å². The Bertz CT molecular complexity index is 194. The van der Waals surface area contributed by atoms with Crippen molar-refractivity contribution < 1.29 is 14.3 Å². The highest BCUT2D eigenvalue weighted by atomic mass is 16.5. The lowest BCUT2D eigenvalue weighted by molar-refractivity contribution is -0.120. The molecule has 2 N–H and O–H groups in total. The summed E-state index contributed by atoms with van der Waals surface area (Å²) in [5, 5.41) is 5.92. The molecule has 0 radical (unpaired) electrons. The molecule has 0 saturated carbocycles. The molecule has 0 aromatic heterocycles. The molecule has 94 valence electrons. The average molecular weight is 230 g/mol. The molecule has 0 aromatic carbocycles. The van der Waals surface area contributed by atoms with Gasteiger partial charge in [-0.15, -0.1) is 0 Å². The van der Waals surface area contributed by atoms with Crippen molar-refractivity contribution in [2.24, 2.45) is 0 Å². The maximum atomic E-state index is 11.4. The Balaban J connectivity index is 1.90. The lowest BCUT2D eigenvalue weighted by Crippen LogP contribution is -2.38. The minimum absolute atomic E-state index is 0.0351. The summed E-state index contributed by atoms with van der Waals surface area (Å²) in [4.78, 5) is 11.4. The lowest BCUT2D eigenvalue weighted by Gasteiger charge is -2.11. The van der Waals surface area contributed by atoms with Crippen molar-refractivity contribution in [2.45, 2.75) is 25.4 Å². The Morgan fingerprint density at radius 2 is 2.44 bits per heavy atom. The number of carbonyl (C=O) groups is 1. The molecule has 5 heteroatoms. The zero-order valence-electron chi connectivity index (χ0n) is 9.96. The van der Waals surface area contributed by atoms with Crippen LogP contribution in [0, 0.1) is 0 Å². The van der Waals surface area contributed by atoms with E-state index in [2.05, 4.69) is 10.6 Å². The number of ether oxygens (including phenoxy) is 2. The highest BCUT2D eigenvalue weighted by Crippen LogP contribution is 2.10. The van der Waals surface area contributed by atoms with Crippen LogP contribution in [-0.4, -0.2) is 52.0 Å². The summed E-state index contributed by atoms with van der Waals surface area (Å²) < 4.78 is 10.3. The van der Waals surface area contributed by atoms with Crippen molar-refractivity contribution in [1.29, 1.82) is 0 Å². The molecule has 5 nitrogen and oxygen atoms in total. The highest BCUT2D eigenvalue weighted by Gasteiger charge is 2.15. The van der Waals surface area contributed by atoms with E-state index in [0.29, 0.717) is 13.1 Å². The van der Waals surface area contributed by atoms with E-state index in [-0.39, 0.29) is 12.0 Å². The zero-order chi connectivity index (χ0) is 11.6. The fraction of sp³-hybridized carbons (Fsp3) is 0.909. The van der Waals surface area contributed by atoms with E-state index in [0.717, 1.165) is 39.0 Å². The number of carbonyl (C=O) groups excluding carboxylic acids is 1. The summed E-state index contributed by atoms with van der Waals surface area (Å²) in [7, 11) is 1.67. The van der Waals surface area contributed by atoms with Gasteiger partial charge in [-0.3, -0.25) is 4.79 Å². The number of nitrogens with one attached hydrogen (secondary N) is 2. The van der Waals surface area contributed by atoms with E-state index in [1.807, 2.05) is 0 Å². The van der Waals surface area contributed by atoms with Crippen LogP contribution in [-0.2, 0) is 14.3 Å². The largest absolute Gasteiger partial charge is 0.385 e. The van der Waals surface area contributed by atoms with E-state index in [4.69, 9.17) is 9.47 Å². The summed E-state index contributed by atoms with van der Waals surface area (Å²) in [5.74, 6) is 0.0351. The van der Waals surface area contributed by atoms with Crippen LogP contribution in [0.3, 0.4) is 0 Å². The lowest BCUT2D eigenvalue weighted by atomic mass is 10.2. The van der Waals surface area contributed by atoms with Crippen molar-refractivity contribution in [3.05, 3.63) is 0 Å². The van der Waals surface area contributed by atoms with Gasteiger partial charge in [-0.05, 0) is 25.8 Å². The van der Waals surface area contributed by atoms with Crippen LogP contribution in [0.4, 0.5) is 0 Å². The van der Waals surface area contributed by atoms with Gasteiger partial charge in [0.15, 0.2) is 0 Å². The maximum Gasteiger partial charge on any atom is 0.234 e. The molecule has 1 rings (SSSR count). The molecular weight excluding hydrogens is 208 g/mol. The quantitative estimate of drug-likeness (QED) is 0.572. The molecule has 0 aromatic rings. The first-order chi connectivity index (χ1) is 7.83. The molecule has 1 heterocycles. The maximum absolute atomic E-state index is 11.4. The first kappa shape index (κ1) is 13.4. The van der Waals surface area contributed by atoms with E-state index < -0.39 is 0 Å². The Morgan fingerprint density at radius 1 is 1.56 bits per heavy atom. The standard InChI is InChI=1S/C11H22N2O3/c1-15-6-3-5-12-9-11(14)13-8-10-4-2-7-16-10/h10,12H,2-9H2,1H3,(H,13,14). The first-order valence-corrected chi connectivity index (χ1v) is 5.91. The summed E-state index contributed by atoms with van der Waals surface area (Å²) >= 11 is 0. The third-order valence-corrected chi connectivity index (χ3v) is 2.54. The molecule has 0 bridgehead atoms. The van der Waals surface area contributed by atoms with Crippen LogP contribution in [0.2, 0.25) is 0 Å². The molecule has 16 heavy (non-hydrogen) atoms. The van der Waals surface area contributed by atoms with Crippen molar-refractivity contribution in [1.82, 2.24) is 10.6 Å². The fourth-order valence-corrected chi connectivity index (χ4v) is 1.64. The Kier molecular flexibility index (Phi) is 7.12. The van der Waals surface area contributed by atoms with Crippen molar-refractivity contribution >= 4 is 5.91 Å². The number of hydrogen-bond acceptors (Lipinski definition) is 4. The number of methoxy groups -OCH3 is 1. The van der Waals surface area contributed by atoms with Crippen LogP contribution < -0.4 is 10.6 Å².